The van der Waals surface area contributed by atoms with Crippen LogP contribution in [0.25, 0.3) is 0 Å². The van der Waals surface area contributed by atoms with Gasteiger partial charge in [-0.2, -0.15) is 0 Å². The van der Waals surface area contributed by atoms with Crippen molar-refractivity contribution in [2.24, 2.45) is 0 Å². The maximum absolute atomic E-state index is 12.4. The Labute approximate surface area is 118 Å². The molecule has 0 aromatic heterocycles. The fourth-order valence-electron chi connectivity index (χ4n) is 1.92. The van der Waals surface area contributed by atoms with Crippen LogP contribution in [-0.4, -0.2) is 12.2 Å². The van der Waals surface area contributed by atoms with Gasteiger partial charge in [-0.1, -0.05) is 30.3 Å². The van der Waals surface area contributed by atoms with Crippen molar-refractivity contribution >= 4 is 17.9 Å². The van der Waals surface area contributed by atoms with E-state index in [2.05, 4.69) is 5.32 Å². The molecule has 3 nitrogen and oxygen atoms in total. The highest BCUT2D eigenvalue weighted by Gasteiger charge is 2.29. The van der Waals surface area contributed by atoms with Gasteiger partial charge in [-0.3, -0.25) is 9.59 Å². The highest BCUT2D eigenvalue weighted by molar-refractivity contribution is 5.98. The van der Waals surface area contributed by atoms with Crippen molar-refractivity contribution in [3.8, 4) is 0 Å². The summed E-state index contributed by atoms with van der Waals surface area (Å²) < 4.78 is 0. The number of anilines is 1. The first-order chi connectivity index (χ1) is 9.54. The lowest BCUT2D eigenvalue weighted by molar-refractivity contribution is -0.120. The van der Waals surface area contributed by atoms with E-state index in [1.54, 1.807) is 24.3 Å². The fourth-order valence-corrected chi connectivity index (χ4v) is 1.92. The van der Waals surface area contributed by atoms with Crippen molar-refractivity contribution in [2.75, 3.05) is 5.32 Å². The van der Waals surface area contributed by atoms with Crippen LogP contribution in [0.3, 0.4) is 0 Å². The number of nitrogens with one attached hydrogen (secondary N) is 1. The molecule has 0 fully saturated rings. The van der Waals surface area contributed by atoms with Gasteiger partial charge in [-0.15, -0.1) is 0 Å². The van der Waals surface area contributed by atoms with Crippen molar-refractivity contribution in [3.05, 3.63) is 65.7 Å². The van der Waals surface area contributed by atoms with E-state index in [0.717, 1.165) is 11.8 Å². The number of carbonyl (C=O) groups excluding carboxylic acids is 2. The molecule has 2 aromatic rings. The first-order valence-corrected chi connectivity index (χ1v) is 6.46. The fraction of sp³-hybridized carbons (Fsp3) is 0.176. The minimum absolute atomic E-state index is 0.0810. The maximum Gasteiger partial charge on any atom is 0.234 e. The van der Waals surface area contributed by atoms with Gasteiger partial charge < -0.3 is 5.32 Å². The third-order valence-corrected chi connectivity index (χ3v) is 3.37. The summed E-state index contributed by atoms with van der Waals surface area (Å²) >= 11 is 0. The Morgan fingerprint density at radius 3 is 2.15 bits per heavy atom. The summed E-state index contributed by atoms with van der Waals surface area (Å²) in [6.07, 6.45) is 0.777. The van der Waals surface area contributed by atoms with Crippen LogP contribution in [0.5, 0.6) is 0 Å². The Morgan fingerprint density at radius 2 is 1.60 bits per heavy atom. The first kappa shape index (κ1) is 14.0. The van der Waals surface area contributed by atoms with Crippen LogP contribution in [0.4, 0.5) is 5.69 Å². The predicted molar refractivity (Wildman–Crippen MR) is 79.9 cm³/mol. The molecule has 0 spiro atoms. The number of hydrogen-bond acceptors (Lipinski definition) is 2. The van der Waals surface area contributed by atoms with Crippen molar-refractivity contribution < 1.29 is 9.59 Å². The molecular formula is C17H17NO2. The van der Waals surface area contributed by atoms with Crippen LogP contribution in [0, 0.1) is 0 Å². The Morgan fingerprint density at radius 1 is 1.00 bits per heavy atom. The summed E-state index contributed by atoms with van der Waals surface area (Å²) in [6, 6.07) is 16.5. The number of carbonyl (C=O) groups is 2. The lowest BCUT2D eigenvalue weighted by atomic mass is 9.83. The second-order valence-electron chi connectivity index (χ2n) is 5.19. The average molecular weight is 267 g/mol. The maximum atomic E-state index is 12.4. The lowest BCUT2D eigenvalue weighted by Crippen LogP contribution is -2.34. The molecule has 1 amide bonds. The number of benzene rings is 2. The van der Waals surface area contributed by atoms with Crippen molar-refractivity contribution in [1.82, 2.24) is 0 Å². The zero-order chi connectivity index (χ0) is 14.6. The van der Waals surface area contributed by atoms with Crippen molar-refractivity contribution in [2.45, 2.75) is 19.3 Å². The van der Waals surface area contributed by atoms with Crippen LogP contribution < -0.4 is 5.32 Å². The molecule has 0 aliphatic carbocycles. The SMILES string of the molecule is CC(C)(C(=O)Nc1ccc(C=O)cc1)c1ccccc1. The van der Waals surface area contributed by atoms with Gasteiger partial charge in [0.25, 0.3) is 0 Å². The minimum atomic E-state index is -0.620. The van der Waals surface area contributed by atoms with E-state index >= 15 is 0 Å². The molecule has 0 aliphatic rings. The van der Waals surface area contributed by atoms with Crippen LogP contribution in [-0.2, 0) is 10.2 Å². The molecule has 0 unspecified atom stereocenters. The van der Waals surface area contributed by atoms with E-state index in [1.807, 2.05) is 44.2 Å². The highest BCUT2D eigenvalue weighted by atomic mass is 16.2. The predicted octanol–water partition coefficient (Wildman–Crippen LogP) is 3.42. The lowest BCUT2D eigenvalue weighted by Gasteiger charge is -2.24. The van der Waals surface area contributed by atoms with Gasteiger partial charge in [0.15, 0.2) is 0 Å². The summed E-state index contributed by atoms with van der Waals surface area (Å²) in [7, 11) is 0. The third kappa shape index (κ3) is 2.94. The third-order valence-electron chi connectivity index (χ3n) is 3.37. The van der Waals surface area contributed by atoms with Crippen molar-refractivity contribution in [1.29, 1.82) is 0 Å². The van der Waals surface area contributed by atoms with Gasteiger partial charge in [-0.25, -0.2) is 0 Å². The number of hydrogen-bond donors (Lipinski definition) is 1. The number of amides is 1. The van der Waals surface area contributed by atoms with Crippen LogP contribution >= 0.6 is 0 Å². The van der Waals surface area contributed by atoms with Crippen LogP contribution in [0.1, 0.15) is 29.8 Å². The number of aldehydes is 1. The molecule has 0 saturated heterocycles. The summed E-state index contributed by atoms with van der Waals surface area (Å²) in [6.45, 7) is 3.77. The average Bonchev–Trinajstić information content (AvgIpc) is 2.49. The molecule has 20 heavy (non-hydrogen) atoms. The molecule has 102 valence electrons. The standard InChI is InChI=1S/C17H17NO2/c1-17(2,14-6-4-3-5-7-14)16(20)18-15-10-8-13(12-19)9-11-15/h3-12H,1-2H3,(H,18,20). The van der Waals surface area contributed by atoms with E-state index < -0.39 is 5.41 Å². The quantitative estimate of drug-likeness (QED) is 0.863. The molecule has 2 aromatic carbocycles. The molecule has 0 atom stereocenters. The summed E-state index contributed by atoms with van der Waals surface area (Å²) in [5.74, 6) is -0.0810. The van der Waals surface area contributed by atoms with Gasteiger partial charge in [-0.05, 0) is 43.7 Å². The van der Waals surface area contributed by atoms with Crippen LogP contribution in [0.2, 0.25) is 0 Å². The zero-order valence-corrected chi connectivity index (χ0v) is 11.6. The monoisotopic (exact) mass is 267 g/mol. The Kier molecular flexibility index (Phi) is 3.99. The second-order valence-corrected chi connectivity index (χ2v) is 5.19. The molecule has 3 heteroatoms. The minimum Gasteiger partial charge on any atom is -0.325 e. The first-order valence-electron chi connectivity index (χ1n) is 6.46. The van der Waals surface area contributed by atoms with E-state index in [0.29, 0.717) is 11.3 Å². The largest absolute Gasteiger partial charge is 0.325 e. The van der Waals surface area contributed by atoms with Gasteiger partial charge in [0.2, 0.25) is 5.91 Å². The molecule has 1 N–H and O–H groups in total. The summed E-state index contributed by atoms with van der Waals surface area (Å²) in [5.41, 5.74) is 1.61. The smallest absolute Gasteiger partial charge is 0.234 e. The zero-order valence-electron chi connectivity index (χ0n) is 11.6. The molecular weight excluding hydrogens is 250 g/mol. The van der Waals surface area contributed by atoms with Crippen molar-refractivity contribution in [3.63, 3.8) is 0 Å². The highest BCUT2D eigenvalue weighted by Crippen LogP contribution is 2.24. The van der Waals surface area contributed by atoms with E-state index in [1.165, 1.54) is 0 Å². The van der Waals surface area contributed by atoms with Gasteiger partial charge >= 0.3 is 0 Å². The van der Waals surface area contributed by atoms with E-state index in [4.69, 9.17) is 0 Å². The second kappa shape index (κ2) is 5.70. The van der Waals surface area contributed by atoms with Gasteiger partial charge in [0, 0.05) is 11.3 Å². The molecule has 0 radical (unpaired) electrons. The Hall–Kier alpha value is -2.42. The Balaban J connectivity index is 2.16. The topological polar surface area (TPSA) is 46.2 Å². The normalized spacial score (nSPS) is 10.9. The Bertz CT molecular complexity index is 601. The molecule has 0 bridgehead atoms. The van der Waals surface area contributed by atoms with Gasteiger partial charge in [0.05, 0.1) is 5.41 Å². The molecule has 0 saturated carbocycles. The molecule has 2 rings (SSSR count). The van der Waals surface area contributed by atoms with Gasteiger partial charge in [0.1, 0.15) is 6.29 Å². The van der Waals surface area contributed by atoms with E-state index in [-0.39, 0.29) is 5.91 Å². The molecule has 0 aliphatic heterocycles. The van der Waals surface area contributed by atoms with E-state index in [9.17, 15) is 9.59 Å². The summed E-state index contributed by atoms with van der Waals surface area (Å²) in [5, 5.41) is 2.88. The molecule has 0 heterocycles. The van der Waals surface area contributed by atoms with Crippen LogP contribution in [0.15, 0.2) is 54.6 Å². The number of rotatable bonds is 4. The summed E-state index contributed by atoms with van der Waals surface area (Å²) in [4.78, 5) is 23.0.